The van der Waals surface area contributed by atoms with Gasteiger partial charge in [-0.3, -0.25) is 4.79 Å². The zero-order valence-electron chi connectivity index (χ0n) is 17.7. The molecule has 162 valence electrons. The maximum Gasteiger partial charge on any atom is 0.302 e. The number of carbonyl (C=O) groups excluding carboxylic acids is 1. The highest BCUT2D eigenvalue weighted by atomic mass is 16.5. The Kier molecular flexibility index (Phi) is 14.0. The van der Waals surface area contributed by atoms with Crippen LogP contribution in [0.5, 0.6) is 0 Å². The first-order valence-electron chi connectivity index (χ1n) is 10.9. The van der Waals surface area contributed by atoms with Crippen LogP contribution in [0.25, 0.3) is 0 Å². The van der Waals surface area contributed by atoms with E-state index in [9.17, 15) is 15.0 Å². The molecule has 5 nitrogen and oxygen atoms in total. The second kappa shape index (κ2) is 15.7. The molecule has 2 N–H and O–H groups in total. The molecule has 0 aromatic carbocycles. The molecule has 0 spiro atoms. The largest absolute Gasteiger partial charge is 0.466 e. The van der Waals surface area contributed by atoms with E-state index >= 15 is 0 Å². The van der Waals surface area contributed by atoms with Gasteiger partial charge in [-0.05, 0) is 50.9 Å². The lowest BCUT2D eigenvalue weighted by Gasteiger charge is -2.19. The van der Waals surface area contributed by atoms with E-state index in [1.165, 1.54) is 19.8 Å². The summed E-state index contributed by atoms with van der Waals surface area (Å²) >= 11 is 0. The highest BCUT2D eigenvalue weighted by Crippen LogP contribution is 2.36. The minimum atomic E-state index is -0.449. The van der Waals surface area contributed by atoms with E-state index in [1.54, 1.807) is 7.11 Å². The molecule has 0 saturated heterocycles. The van der Waals surface area contributed by atoms with Crippen LogP contribution < -0.4 is 0 Å². The fraction of sp³-hybridized carbons (Fsp3) is 0.783. The number of hydrogen-bond donors (Lipinski definition) is 2. The van der Waals surface area contributed by atoms with Gasteiger partial charge in [0.1, 0.15) is 0 Å². The van der Waals surface area contributed by atoms with Crippen molar-refractivity contribution in [1.82, 2.24) is 0 Å². The molecule has 1 rings (SSSR count). The molecule has 1 aliphatic rings. The summed E-state index contributed by atoms with van der Waals surface area (Å²) < 4.78 is 9.97. The highest BCUT2D eigenvalue weighted by molar-refractivity contribution is 5.65. The smallest absolute Gasteiger partial charge is 0.302 e. The number of unbranched alkanes of at least 4 members (excludes halogenated alkanes) is 6. The van der Waals surface area contributed by atoms with Crippen LogP contribution in [-0.2, 0) is 14.3 Å². The van der Waals surface area contributed by atoms with Gasteiger partial charge in [0.15, 0.2) is 0 Å². The number of aliphatic hydroxyl groups excluding tert-OH is 2. The zero-order valence-corrected chi connectivity index (χ0v) is 17.7. The summed E-state index contributed by atoms with van der Waals surface area (Å²) in [6.45, 7) is 2.74. The van der Waals surface area contributed by atoms with E-state index in [4.69, 9.17) is 9.47 Å². The minimum absolute atomic E-state index is 0.0390. The van der Waals surface area contributed by atoms with Crippen molar-refractivity contribution in [2.75, 3.05) is 20.3 Å². The van der Waals surface area contributed by atoms with Crippen LogP contribution in [0.1, 0.15) is 71.1 Å². The van der Waals surface area contributed by atoms with Gasteiger partial charge in [0.25, 0.3) is 0 Å². The lowest BCUT2D eigenvalue weighted by Crippen LogP contribution is -2.19. The number of rotatable bonds is 15. The summed E-state index contributed by atoms with van der Waals surface area (Å²) in [5, 5.41) is 20.6. The second-order valence-electron chi connectivity index (χ2n) is 7.78. The number of hydrogen-bond acceptors (Lipinski definition) is 5. The van der Waals surface area contributed by atoms with Crippen molar-refractivity contribution in [2.45, 2.75) is 83.3 Å². The Morgan fingerprint density at radius 3 is 2.36 bits per heavy atom. The number of carbonyl (C=O) groups is 1. The van der Waals surface area contributed by atoms with E-state index in [0.717, 1.165) is 51.6 Å². The molecule has 5 heteroatoms. The van der Waals surface area contributed by atoms with Crippen LogP contribution in [0.3, 0.4) is 0 Å². The van der Waals surface area contributed by atoms with Crippen LogP contribution in [0.2, 0.25) is 0 Å². The number of ether oxygens (including phenoxy) is 2. The molecule has 0 heterocycles. The van der Waals surface area contributed by atoms with E-state index in [0.29, 0.717) is 13.0 Å². The van der Waals surface area contributed by atoms with Crippen molar-refractivity contribution < 1.29 is 24.5 Å². The third-order valence-electron chi connectivity index (χ3n) is 5.39. The van der Waals surface area contributed by atoms with Crippen LogP contribution in [0, 0.1) is 11.8 Å². The first-order valence-corrected chi connectivity index (χ1v) is 10.9. The minimum Gasteiger partial charge on any atom is -0.466 e. The molecule has 28 heavy (non-hydrogen) atoms. The highest BCUT2D eigenvalue weighted by Gasteiger charge is 2.39. The van der Waals surface area contributed by atoms with Gasteiger partial charge >= 0.3 is 5.97 Å². The summed E-state index contributed by atoms with van der Waals surface area (Å²) in [7, 11) is 1.74. The molecule has 1 fully saturated rings. The van der Waals surface area contributed by atoms with Crippen molar-refractivity contribution in [3.05, 3.63) is 24.3 Å². The van der Waals surface area contributed by atoms with Crippen molar-refractivity contribution in [1.29, 1.82) is 0 Å². The molecule has 0 amide bonds. The number of esters is 1. The topological polar surface area (TPSA) is 76.0 Å². The fourth-order valence-electron chi connectivity index (χ4n) is 3.77. The Bertz CT molecular complexity index is 460. The molecule has 0 bridgehead atoms. The number of allylic oxidation sites excluding steroid dienone is 3. The van der Waals surface area contributed by atoms with Crippen LogP contribution >= 0.6 is 0 Å². The molecule has 0 radical (unpaired) electrons. The van der Waals surface area contributed by atoms with Gasteiger partial charge in [-0.15, -0.1) is 0 Å². The van der Waals surface area contributed by atoms with Gasteiger partial charge < -0.3 is 19.7 Å². The Balaban J connectivity index is 2.25. The van der Waals surface area contributed by atoms with Gasteiger partial charge in [-0.1, -0.05) is 37.1 Å². The molecule has 1 unspecified atom stereocenters. The molecule has 0 aliphatic heterocycles. The summed E-state index contributed by atoms with van der Waals surface area (Å²) in [6, 6.07) is 0. The Labute approximate surface area is 170 Å². The van der Waals surface area contributed by atoms with Crippen LogP contribution in [0.4, 0.5) is 0 Å². The summed E-state index contributed by atoms with van der Waals surface area (Å²) in [5.74, 6) is -0.100. The zero-order chi connectivity index (χ0) is 20.6. The molecule has 1 aliphatic carbocycles. The van der Waals surface area contributed by atoms with E-state index in [1.807, 2.05) is 0 Å². The van der Waals surface area contributed by atoms with Crippen LogP contribution in [-0.4, -0.2) is 48.7 Å². The Morgan fingerprint density at radius 1 is 0.929 bits per heavy atom. The van der Waals surface area contributed by atoms with Gasteiger partial charge in [-0.2, -0.15) is 0 Å². The third-order valence-corrected chi connectivity index (χ3v) is 5.39. The summed E-state index contributed by atoms with van der Waals surface area (Å²) in [5.41, 5.74) is 0. The maximum absolute atomic E-state index is 10.7. The Hall–Kier alpha value is -1.17. The van der Waals surface area contributed by atoms with Crippen LogP contribution in [0.15, 0.2) is 24.3 Å². The van der Waals surface area contributed by atoms with Gasteiger partial charge in [-0.25, -0.2) is 0 Å². The molecular formula is C23H40O5. The van der Waals surface area contributed by atoms with Gasteiger partial charge in [0.05, 0.1) is 18.8 Å². The standard InChI is InChI=1S/C23H40O5/c1-19(24)28-17-13-9-5-7-11-15-21-20(22(25)18-23(21)26)14-10-6-3-4-8-12-16-27-2/h7,10-11,14,20-23,25-26H,3-6,8-9,12-13,15-18H2,1-2H3/b11-7-,14-10+/t20-,21?,22-,23+/m0/s1. The molecular weight excluding hydrogens is 356 g/mol. The first kappa shape index (κ1) is 24.9. The monoisotopic (exact) mass is 396 g/mol. The van der Waals surface area contributed by atoms with Crippen molar-refractivity contribution >= 4 is 5.97 Å². The summed E-state index contributed by atoms with van der Waals surface area (Å²) in [4.78, 5) is 10.7. The van der Waals surface area contributed by atoms with Gasteiger partial charge in [0, 0.05) is 33.0 Å². The normalized spacial score (nSPS) is 25.1. The van der Waals surface area contributed by atoms with Crippen molar-refractivity contribution in [2.24, 2.45) is 11.8 Å². The van der Waals surface area contributed by atoms with Crippen molar-refractivity contribution in [3.63, 3.8) is 0 Å². The van der Waals surface area contributed by atoms with E-state index in [2.05, 4.69) is 24.3 Å². The summed E-state index contributed by atoms with van der Waals surface area (Å²) in [6.07, 6.45) is 17.4. The molecule has 4 atom stereocenters. The molecule has 1 saturated carbocycles. The van der Waals surface area contributed by atoms with E-state index < -0.39 is 12.2 Å². The maximum atomic E-state index is 10.7. The lowest BCUT2D eigenvalue weighted by atomic mass is 9.89. The predicted octanol–water partition coefficient (Wildman–Crippen LogP) is 4.18. The average Bonchev–Trinajstić information content (AvgIpc) is 2.92. The second-order valence-corrected chi connectivity index (χ2v) is 7.78. The quantitative estimate of drug-likeness (QED) is 0.247. The molecule has 0 aromatic rings. The Morgan fingerprint density at radius 2 is 1.61 bits per heavy atom. The van der Waals surface area contributed by atoms with Gasteiger partial charge in [0.2, 0.25) is 0 Å². The first-order chi connectivity index (χ1) is 13.6. The number of methoxy groups -OCH3 is 1. The SMILES string of the molecule is COCCCCCC/C=C/[C@H]1C(C/C=C\CCCCOC(C)=O)[C@H](O)C[C@@H]1O. The fourth-order valence-corrected chi connectivity index (χ4v) is 3.77. The number of aliphatic hydroxyl groups is 2. The third kappa shape index (κ3) is 11.0. The van der Waals surface area contributed by atoms with E-state index in [-0.39, 0.29) is 17.8 Å². The van der Waals surface area contributed by atoms with Crippen molar-refractivity contribution in [3.8, 4) is 0 Å². The lowest BCUT2D eigenvalue weighted by molar-refractivity contribution is -0.141. The predicted molar refractivity (Wildman–Crippen MR) is 112 cm³/mol. The average molecular weight is 397 g/mol. The molecule has 0 aromatic heterocycles.